The topological polar surface area (TPSA) is 125 Å². The fraction of sp³-hybridized carbons (Fsp3) is 0.676. The van der Waals surface area contributed by atoms with Crippen LogP contribution in [0.25, 0.3) is 11.3 Å². The van der Waals surface area contributed by atoms with E-state index in [1.165, 1.54) is 0 Å². The number of carbonyl (C=O) groups is 1. The van der Waals surface area contributed by atoms with E-state index in [2.05, 4.69) is 20.0 Å². The SMILES string of the molecule is COCOc1ccccc1-c1cc(N2CCC3(CC2)CN(C2CC(OC4CCN(C(=O)OC(C)(C)C)CC4)C2)CCO3)c(N)nn1. The molecular weight excluding hydrogens is 588 g/mol. The number of likely N-dealkylation sites (tertiary alicyclic amines) is 1. The number of morpholine rings is 1. The molecule has 2 N–H and O–H groups in total. The summed E-state index contributed by atoms with van der Waals surface area (Å²) in [4.78, 5) is 19.1. The number of rotatable bonds is 8. The predicted octanol–water partition coefficient (Wildman–Crippen LogP) is 4.33. The zero-order valence-corrected chi connectivity index (χ0v) is 27.8. The molecule has 4 heterocycles. The zero-order valence-electron chi connectivity index (χ0n) is 27.8. The highest BCUT2D eigenvalue weighted by molar-refractivity contribution is 5.74. The van der Waals surface area contributed by atoms with Gasteiger partial charge in [-0.3, -0.25) is 4.90 Å². The van der Waals surface area contributed by atoms with Gasteiger partial charge in [-0.25, -0.2) is 4.79 Å². The smallest absolute Gasteiger partial charge is 0.410 e. The van der Waals surface area contributed by atoms with Crippen LogP contribution < -0.4 is 15.4 Å². The first-order valence-corrected chi connectivity index (χ1v) is 16.7. The molecule has 12 nitrogen and oxygen atoms in total. The quantitative estimate of drug-likeness (QED) is 0.416. The van der Waals surface area contributed by atoms with E-state index in [0.29, 0.717) is 42.5 Å². The van der Waals surface area contributed by atoms with Gasteiger partial charge in [0.1, 0.15) is 11.4 Å². The van der Waals surface area contributed by atoms with Crippen LogP contribution in [0.15, 0.2) is 30.3 Å². The standard InChI is InChI=1S/C34H50N6O6/c1-33(2,3)46-32(41)39-13-9-25(10-14-39)45-26-19-24(20-26)40-17-18-44-34(22-40)11-15-38(16-12-34)29-21-28(36-37-31(29)35)27-7-5-6-8-30(27)43-23-42-4/h5-8,21,24-26H,9-20,22-23H2,1-4H3,(H2,35,37). The van der Waals surface area contributed by atoms with Crippen LogP contribution in [-0.2, 0) is 18.9 Å². The Balaban J connectivity index is 0.981. The number of nitrogens with zero attached hydrogens (tertiary/aromatic N) is 5. The van der Waals surface area contributed by atoms with Crippen molar-refractivity contribution in [2.24, 2.45) is 0 Å². The molecule has 2 aromatic rings. The van der Waals surface area contributed by atoms with E-state index in [4.69, 9.17) is 29.4 Å². The molecule has 1 saturated carbocycles. The van der Waals surface area contributed by atoms with Gasteiger partial charge in [-0.1, -0.05) is 12.1 Å². The number of nitrogen functional groups attached to an aromatic ring is 1. The number of aromatic nitrogens is 2. The fourth-order valence-corrected chi connectivity index (χ4v) is 7.07. The van der Waals surface area contributed by atoms with Gasteiger partial charge in [-0.15, -0.1) is 10.2 Å². The minimum Gasteiger partial charge on any atom is -0.467 e. The van der Waals surface area contributed by atoms with Gasteiger partial charge in [0.05, 0.1) is 35.8 Å². The fourth-order valence-electron chi connectivity index (χ4n) is 7.07. The first-order chi connectivity index (χ1) is 22.1. The molecule has 0 bridgehead atoms. The third kappa shape index (κ3) is 7.67. The van der Waals surface area contributed by atoms with Crippen molar-refractivity contribution in [3.63, 3.8) is 0 Å². The molecule has 1 spiro atoms. The second-order valence-electron chi connectivity index (χ2n) is 14.1. The summed E-state index contributed by atoms with van der Waals surface area (Å²) in [5.41, 5.74) is 8.20. The van der Waals surface area contributed by atoms with Crippen LogP contribution in [0.2, 0.25) is 0 Å². The number of benzene rings is 1. The van der Waals surface area contributed by atoms with Crippen molar-refractivity contribution in [3.8, 4) is 17.0 Å². The van der Waals surface area contributed by atoms with Crippen LogP contribution in [0.1, 0.15) is 59.3 Å². The lowest BCUT2D eigenvalue weighted by Gasteiger charge is -2.52. The maximum Gasteiger partial charge on any atom is 0.410 e. The summed E-state index contributed by atoms with van der Waals surface area (Å²) in [5.74, 6) is 1.12. The van der Waals surface area contributed by atoms with Crippen molar-refractivity contribution in [1.82, 2.24) is 20.0 Å². The second kappa shape index (κ2) is 13.9. The van der Waals surface area contributed by atoms with Gasteiger partial charge in [-0.2, -0.15) is 0 Å². The van der Waals surface area contributed by atoms with Gasteiger partial charge >= 0.3 is 6.09 Å². The van der Waals surface area contributed by atoms with Crippen molar-refractivity contribution in [2.75, 3.05) is 70.4 Å². The van der Waals surface area contributed by atoms with Gasteiger partial charge in [0.2, 0.25) is 0 Å². The second-order valence-corrected chi connectivity index (χ2v) is 14.1. The largest absolute Gasteiger partial charge is 0.467 e. The summed E-state index contributed by atoms with van der Waals surface area (Å²) in [6, 6.07) is 10.3. The number of methoxy groups -OCH3 is 1. The lowest BCUT2D eigenvalue weighted by Crippen LogP contribution is -2.61. The summed E-state index contributed by atoms with van der Waals surface area (Å²) < 4.78 is 29.4. The number of amides is 1. The van der Waals surface area contributed by atoms with Crippen molar-refractivity contribution >= 4 is 17.6 Å². The number of piperidine rings is 2. The molecule has 4 aliphatic rings. The minimum atomic E-state index is -0.469. The number of anilines is 2. The van der Waals surface area contributed by atoms with E-state index in [-0.39, 0.29) is 24.6 Å². The Morgan fingerprint density at radius 2 is 1.78 bits per heavy atom. The predicted molar refractivity (Wildman–Crippen MR) is 175 cm³/mol. The van der Waals surface area contributed by atoms with Gasteiger partial charge in [0.15, 0.2) is 12.6 Å². The summed E-state index contributed by atoms with van der Waals surface area (Å²) in [5, 5.41) is 8.69. The van der Waals surface area contributed by atoms with Crippen LogP contribution >= 0.6 is 0 Å². The molecule has 6 rings (SSSR count). The Morgan fingerprint density at radius 3 is 2.50 bits per heavy atom. The average molecular weight is 639 g/mol. The van der Waals surface area contributed by atoms with Crippen LogP contribution in [0.4, 0.5) is 16.3 Å². The van der Waals surface area contributed by atoms with Gasteiger partial charge < -0.3 is 39.2 Å². The maximum absolute atomic E-state index is 12.4. The highest BCUT2D eigenvalue weighted by Gasteiger charge is 2.45. The molecule has 252 valence electrons. The lowest BCUT2D eigenvalue weighted by molar-refractivity contribution is -0.158. The van der Waals surface area contributed by atoms with E-state index in [0.717, 1.165) is 82.6 Å². The molecule has 0 unspecified atom stereocenters. The van der Waals surface area contributed by atoms with E-state index in [1.807, 2.05) is 56.0 Å². The van der Waals surface area contributed by atoms with Crippen molar-refractivity contribution in [3.05, 3.63) is 30.3 Å². The highest BCUT2D eigenvalue weighted by atomic mass is 16.7. The number of hydrogen-bond donors (Lipinski definition) is 1. The summed E-state index contributed by atoms with van der Waals surface area (Å²) >= 11 is 0. The Bertz CT molecular complexity index is 1330. The molecule has 4 fully saturated rings. The molecule has 46 heavy (non-hydrogen) atoms. The molecule has 3 aliphatic heterocycles. The van der Waals surface area contributed by atoms with Gasteiger partial charge in [0, 0.05) is 58.0 Å². The van der Waals surface area contributed by atoms with E-state index < -0.39 is 5.60 Å². The summed E-state index contributed by atoms with van der Waals surface area (Å²) in [7, 11) is 1.60. The Hall–Kier alpha value is -3.19. The molecule has 0 radical (unpaired) electrons. The van der Waals surface area contributed by atoms with Crippen molar-refractivity contribution in [2.45, 2.75) is 88.7 Å². The van der Waals surface area contributed by atoms with Crippen molar-refractivity contribution in [1.29, 1.82) is 0 Å². The van der Waals surface area contributed by atoms with E-state index in [9.17, 15) is 4.79 Å². The number of ether oxygens (including phenoxy) is 5. The Labute approximate surface area is 272 Å². The third-order valence-electron chi connectivity index (χ3n) is 9.65. The van der Waals surface area contributed by atoms with Crippen LogP contribution in [0.5, 0.6) is 5.75 Å². The summed E-state index contributed by atoms with van der Waals surface area (Å²) in [6.45, 7) is 11.6. The maximum atomic E-state index is 12.4. The van der Waals surface area contributed by atoms with Crippen molar-refractivity contribution < 1.29 is 28.5 Å². The molecule has 3 saturated heterocycles. The molecule has 1 aliphatic carbocycles. The third-order valence-corrected chi connectivity index (χ3v) is 9.65. The Morgan fingerprint density at radius 1 is 1.04 bits per heavy atom. The molecular formula is C34H50N6O6. The highest BCUT2D eigenvalue weighted by Crippen LogP contribution is 2.39. The molecule has 1 aromatic carbocycles. The van der Waals surface area contributed by atoms with Crippen LogP contribution in [-0.4, -0.2) is 115 Å². The first-order valence-electron chi connectivity index (χ1n) is 16.7. The Kier molecular flexibility index (Phi) is 9.88. The molecule has 1 amide bonds. The van der Waals surface area contributed by atoms with Crippen LogP contribution in [0, 0.1) is 0 Å². The number of nitrogens with two attached hydrogens (primary N) is 1. The summed E-state index contributed by atoms with van der Waals surface area (Å²) in [6.07, 6.45) is 6.00. The van der Waals surface area contributed by atoms with Crippen LogP contribution in [0.3, 0.4) is 0 Å². The van der Waals surface area contributed by atoms with E-state index in [1.54, 1.807) is 7.11 Å². The average Bonchev–Trinajstić information content (AvgIpc) is 3.02. The molecule has 1 aromatic heterocycles. The zero-order chi connectivity index (χ0) is 32.3. The lowest BCUT2D eigenvalue weighted by atomic mass is 9.83. The van der Waals surface area contributed by atoms with Gasteiger partial charge in [-0.05, 0) is 77.5 Å². The molecule has 0 atom stereocenters. The number of carbonyl (C=O) groups excluding carboxylic acids is 1. The number of para-hydroxylation sites is 1. The van der Waals surface area contributed by atoms with E-state index >= 15 is 0 Å². The minimum absolute atomic E-state index is 0.145. The number of hydrogen-bond acceptors (Lipinski definition) is 11. The normalized spacial score (nSPS) is 24.1. The first kappa shape index (κ1) is 32.7. The van der Waals surface area contributed by atoms with Gasteiger partial charge in [0.25, 0.3) is 0 Å². The monoisotopic (exact) mass is 638 g/mol. The molecule has 12 heteroatoms.